The Balaban J connectivity index is 2.42. The molecule has 2 rings (SSSR count). The highest BCUT2D eigenvalue weighted by Gasteiger charge is 2.51. The van der Waals surface area contributed by atoms with Crippen LogP contribution in [0, 0.1) is 5.92 Å². The lowest BCUT2D eigenvalue weighted by molar-refractivity contribution is 0.129. The summed E-state index contributed by atoms with van der Waals surface area (Å²) in [7, 11) is 0. The number of H-pyrrole nitrogens is 1. The van der Waals surface area contributed by atoms with Crippen LogP contribution in [0.15, 0.2) is 23.0 Å². The van der Waals surface area contributed by atoms with Gasteiger partial charge in [0.2, 0.25) is 5.56 Å². The zero-order valence-electron chi connectivity index (χ0n) is 6.87. The van der Waals surface area contributed by atoms with E-state index in [0.29, 0.717) is 5.69 Å². The lowest BCUT2D eigenvalue weighted by Gasteiger charge is -2.07. The minimum atomic E-state index is -0.763. The highest BCUT2D eigenvalue weighted by atomic mass is 16.3. The Morgan fingerprint density at radius 3 is 2.83 bits per heavy atom. The Labute approximate surface area is 70.1 Å². The summed E-state index contributed by atoms with van der Waals surface area (Å²) in [5.74, 6) is 0.260. The fourth-order valence-electron chi connectivity index (χ4n) is 1.48. The highest BCUT2D eigenvalue weighted by Crippen LogP contribution is 2.50. The maximum atomic E-state index is 10.9. The topological polar surface area (TPSA) is 53.1 Å². The predicted molar refractivity (Wildman–Crippen MR) is 44.7 cm³/mol. The van der Waals surface area contributed by atoms with E-state index in [9.17, 15) is 9.90 Å². The van der Waals surface area contributed by atoms with E-state index in [1.807, 2.05) is 6.92 Å². The molecule has 0 amide bonds. The largest absolute Gasteiger partial charge is 0.383 e. The van der Waals surface area contributed by atoms with Gasteiger partial charge in [0.25, 0.3) is 0 Å². The second-order valence-electron chi connectivity index (χ2n) is 3.46. The van der Waals surface area contributed by atoms with Crippen LogP contribution in [-0.2, 0) is 5.60 Å². The van der Waals surface area contributed by atoms with Crippen LogP contribution in [0.2, 0.25) is 0 Å². The number of aromatic nitrogens is 1. The van der Waals surface area contributed by atoms with E-state index in [4.69, 9.17) is 0 Å². The summed E-state index contributed by atoms with van der Waals surface area (Å²) in [6.45, 7) is 1.96. The zero-order valence-corrected chi connectivity index (χ0v) is 6.87. The lowest BCUT2D eigenvalue weighted by Crippen LogP contribution is -2.15. The molecule has 2 atom stereocenters. The van der Waals surface area contributed by atoms with Gasteiger partial charge >= 0.3 is 0 Å². The van der Waals surface area contributed by atoms with Crippen molar-refractivity contribution in [1.82, 2.24) is 4.98 Å². The molecular formula is C9H11NO2. The van der Waals surface area contributed by atoms with Gasteiger partial charge in [0.05, 0.1) is 5.69 Å². The van der Waals surface area contributed by atoms with Gasteiger partial charge in [-0.05, 0) is 18.4 Å². The summed E-state index contributed by atoms with van der Waals surface area (Å²) in [5.41, 5.74) is -0.275. The fraction of sp³-hybridized carbons (Fsp3) is 0.444. The van der Waals surface area contributed by atoms with Crippen molar-refractivity contribution in [2.24, 2.45) is 5.92 Å². The minimum absolute atomic E-state index is 0.153. The summed E-state index contributed by atoms with van der Waals surface area (Å²) >= 11 is 0. The van der Waals surface area contributed by atoms with E-state index in [1.165, 1.54) is 6.07 Å². The first kappa shape index (κ1) is 7.55. The van der Waals surface area contributed by atoms with Gasteiger partial charge in [-0.25, -0.2) is 0 Å². The van der Waals surface area contributed by atoms with E-state index < -0.39 is 5.60 Å². The zero-order chi connectivity index (χ0) is 8.77. The molecule has 2 unspecified atom stereocenters. The van der Waals surface area contributed by atoms with E-state index in [0.717, 1.165) is 6.42 Å². The third-order valence-electron chi connectivity index (χ3n) is 2.51. The average Bonchev–Trinajstić information content (AvgIpc) is 2.61. The van der Waals surface area contributed by atoms with Crippen molar-refractivity contribution in [1.29, 1.82) is 0 Å². The number of pyridine rings is 1. The number of hydrogen-bond acceptors (Lipinski definition) is 2. The standard InChI is InChI=1S/C9H11NO2/c1-6-5-9(6,12)7-3-2-4-8(11)10-7/h2-4,6,12H,5H2,1H3,(H,10,11). The molecule has 0 radical (unpaired) electrons. The Morgan fingerprint density at radius 2 is 2.33 bits per heavy atom. The number of hydrogen-bond donors (Lipinski definition) is 2. The lowest BCUT2D eigenvalue weighted by atomic mass is 10.2. The molecule has 0 saturated heterocycles. The Bertz CT molecular complexity index is 358. The SMILES string of the molecule is CC1CC1(O)c1cccc(=O)[nH]1. The Morgan fingerprint density at radius 1 is 1.67 bits per heavy atom. The van der Waals surface area contributed by atoms with Gasteiger partial charge in [0.15, 0.2) is 0 Å². The van der Waals surface area contributed by atoms with Crippen LogP contribution in [0.5, 0.6) is 0 Å². The van der Waals surface area contributed by atoms with Crippen LogP contribution in [0.3, 0.4) is 0 Å². The van der Waals surface area contributed by atoms with Crippen molar-refractivity contribution in [3.05, 3.63) is 34.2 Å². The van der Waals surface area contributed by atoms with E-state index in [2.05, 4.69) is 4.98 Å². The number of nitrogens with one attached hydrogen (secondary N) is 1. The van der Waals surface area contributed by atoms with E-state index >= 15 is 0 Å². The third kappa shape index (κ3) is 0.975. The van der Waals surface area contributed by atoms with Crippen LogP contribution in [0.1, 0.15) is 19.0 Å². The molecule has 1 aromatic rings. The Kier molecular flexibility index (Phi) is 1.38. The number of aromatic amines is 1. The molecule has 1 aliphatic rings. The van der Waals surface area contributed by atoms with Gasteiger partial charge in [-0.3, -0.25) is 4.79 Å². The summed E-state index contributed by atoms with van der Waals surface area (Å²) in [6, 6.07) is 4.86. The average molecular weight is 165 g/mol. The van der Waals surface area contributed by atoms with Gasteiger partial charge in [-0.1, -0.05) is 13.0 Å². The molecule has 1 fully saturated rings. The second kappa shape index (κ2) is 2.20. The smallest absolute Gasteiger partial charge is 0.248 e. The molecule has 0 spiro atoms. The summed E-state index contributed by atoms with van der Waals surface area (Å²) in [5, 5.41) is 9.82. The van der Waals surface area contributed by atoms with Crippen molar-refractivity contribution >= 4 is 0 Å². The second-order valence-corrected chi connectivity index (χ2v) is 3.46. The monoisotopic (exact) mass is 165 g/mol. The molecule has 0 aliphatic heterocycles. The molecular weight excluding hydrogens is 154 g/mol. The fourth-order valence-corrected chi connectivity index (χ4v) is 1.48. The van der Waals surface area contributed by atoms with Crippen molar-refractivity contribution in [2.75, 3.05) is 0 Å². The van der Waals surface area contributed by atoms with E-state index in [1.54, 1.807) is 12.1 Å². The van der Waals surface area contributed by atoms with Crippen molar-refractivity contribution in [3.8, 4) is 0 Å². The van der Waals surface area contributed by atoms with Gasteiger partial charge < -0.3 is 10.1 Å². The van der Waals surface area contributed by atoms with Gasteiger partial charge in [0, 0.05) is 6.07 Å². The molecule has 0 bridgehead atoms. The molecule has 1 aliphatic carbocycles. The summed E-state index contributed by atoms with van der Waals surface area (Å²) in [4.78, 5) is 13.5. The van der Waals surface area contributed by atoms with Crippen LogP contribution >= 0.6 is 0 Å². The Hall–Kier alpha value is -1.09. The number of aliphatic hydroxyl groups is 1. The first-order valence-corrected chi connectivity index (χ1v) is 4.05. The molecule has 1 heterocycles. The van der Waals surface area contributed by atoms with Crippen molar-refractivity contribution in [3.63, 3.8) is 0 Å². The van der Waals surface area contributed by atoms with Crippen molar-refractivity contribution < 1.29 is 5.11 Å². The van der Waals surface area contributed by atoms with E-state index in [-0.39, 0.29) is 11.5 Å². The quantitative estimate of drug-likeness (QED) is 0.640. The summed E-state index contributed by atoms with van der Waals surface area (Å²) in [6.07, 6.45) is 0.743. The van der Waals surface area contributed by atoms with Gasteiger partial charge in [0.1, 0.15) is 5.60 Å². The van der Waals surface area contributed by atoms with Crippen molar-refractivity contribution in [2.45, 2.75) is 18.9 Å². The molecule has 12 heavy (non-hydrogen) atoms. The third-order valence-corrected chi connectivity index (χ3v) is 2.51. The maximum Gasteiger partial charge on any atom is 0.248 e. The van der Waals surface area contributed by atoms with Crippen LogP contribution in [0.4, 0.5) is 0 Å². The molecule has 1 aromatic heterocycles. The molecule has 64 valence electrons. The molecule has 1 saturated carbocycles. The highest BCUT2D eigenvalue weighted by molar-refractivity contribution is 5.21. The normalized spacial score (nSPS) is 33.3. The van der Waals surface area contributed by atoms with Gasteiger partial charge in [-0.15, -0.1) is 0 Å². The maximum absolute atomic E-state index is 10.9. The summed E-state index contributed by atoms with van der Waals surface area (Å²) < 4.78 is 0. The predicted octanol–water partition coefficient (Wildman–Crippen LogP) is 0.602. The first-order chi connectivity index (χ1) is 5.63. The van der Waals surface area contributed by atoms with Crippen LogP contribution in [-0.4, -0.2) is 10.1 Å². The first-order valence-electron chi connectivity index (χ1n) is 4.05. The van der Waals surface area contributed by atoms with Gasteiger partial charge in [-0.2, -0.15) is 0 Å². The molecule has 3 nitrogen and oxygen atoms in total. The molecule has 2 N–H and O–H groups in total. The number of rotatable bonds is 1. The molecule has 3 heteroatoms. The van der Waals surface area contributed by atoms with Crippen LogP contribution in [0.25, 0.3) is 0 Å². The van der Waals surface area contributed by atoms with Crippen LogP contribution < -0.4 is 5.56 Å². The molecule has 0 aromatic carbocycles. The minimum Gasteiger partial charge on any atom is -0.383 e.